The largest absolute Gasteiger partial charge is 0.383 e. The molecule has 0 aromatic heterocycles. The average Bonchev–Trinajstić information content (AvgIpc) is 2.71. The number of carbonyl (C=O) groups excluding carboxylic acids is 2. The van der Waals surface area contributed by atoms with Gasteiger partial charge in [-0.1, -0.05) is 45.0 Å². The lowest BCUT2D eigenvalue weighted by atomic mass is 9.87. The number of hydrogen-bond acceptors (Lipinski definition) is 4. The third-order valence-electron chi connectivity index (χ3n) is 3.47. The summed E-state index contributed by atoms with van der Waals surface area (Å²) < 4.78 is 4.92. The van der Waals surface area contributed by atoms with Gasteiger partial charge in [0.05, 0.1) is 18.1 Å². The number of amides is 2. The van der Waals surface area contributed by atoms with Gasteiger partial charge in [-0.25, -0.2) is 0 Å². The Balaban J connectivity index is 2.16. The molecule has 1 aromatic rings. The van der Waals surface area contributed by atoms with Gasteiger partial charge in [0.1, 0.15) is 0 Å². The maximum atomic E-state index is 12.2. The van der Waals surface area contributed by atoms with Gasteiger partial charge < -0.3 is 4.74 Å². The summed E-state index contributed by atoms with van der Waals surface area (Å²) in [6.07, 6.45) is 1.77. The Morgan fingerprint density at radius 3 is 2.36 bits per heavy atom. The fourth-order valence-corrected chi connectivity index (χ4v) is 2.97. The zero-order chi connectivity index (χ0) is 16.3. The molecule has 1 aliphatic rings. The van der Waals surface area contributed by atoms with Crippen molar-refractivity contribution in [3.63, 3.8) is 0 Å². The van der Waals surface area contributed by atoms with Gasteiger partial charge in [-0.05, 0) is 34.4 Å². The molecule has 0 spiro atoms. The van der Waals surface area contributed by atoms with E-state index in [9.17, 15) is 9.59 Å². The van der Waals surface area contributed by atoms with E-state index in [1.54, 1.807) is 13.2 Å². The number of imide groups is 1. The van der Waals surface area contributed by atoms with Crippen LogP contribution in [0.3, 0.4) is 0 Å². The highest BCUT2D eigenvalue weighted by Gasteiger charge is 2.34. The van der Waals surface area contributed by atoms with Crippen molar-refractivity contribution in [2.75, 3.05) is 20.3 Å². The highest BCUT2D eigenvalue weighted by atomic mass is 32.2. The molecule has 4 nitrogen and oxygen atoms in total. The van der Waals surface area contributed by atoms with Gasteiger partial charge in [0.2, 0.25) is 0 Å². The smallest absolute Gasteiger partial charge is 0.293 e. The summed E-state index contributed by atoms with van der Waals surface area (Å²) in [5.41, 5.74) is 2.25. The van der Waals surface area contributed by atoms with Crippen molar-refractivity contribution in [2.24, 2.45) is 0 Å². The molecular weight excluding hydrogens is 298 g/mol. The molecule has 22 heavy (non-hydrogen) atoms. The highest BCUT2D eigenvalue weighted by molar-refractivity contribution is 8.18. The number of nitrogens with zero attached hydrogens (tertiary/aromatic N) is 1. The molecule has 0 radical (unpaired) electrons. The second-order valence-electron chi connectivity index (χ2n) is 6.20. The molecule has 1 aromatic carbocycles. The molecule has 0 N–H and O–H groups in total. The monoisotopic (exact) mass is 319 g/mol. The molecule has 0 saturated carbocycles. The molecule has 0 atom stereocenters. The third-order valence-corrected chi connectivity index (χ3v) is 4.37. The zero-order valence-electron chi connectivity index (χ0n) is 13.4. The van der Waals surface area contributed by atoms with Crippen LogP contribution in [0.1, 0.15) is 31.9 Å². The van der Waals surface area contributed by atoms with E-state index < -0.39 is 0 Å². The van der Waals surface area contributed by atoms with Crippen molar-refractivity contribution in [2.45, 2.75) is 26.2 Å². The lowest BCUT2D eigenvalue weighted by Gasteiger charge is -2.18. The number of carbonyl (C=O) groups is 2. The Kier molecular flexibility index (Phi) is 5.08. The van der Waals surface area contributed by atoms with E-state index in [0.717, 1.165) is 17.3 Å². The van der Waals surface area contributed by atoms with Gasteiger partial charge in [-0.3, -0.25) is 14.5 Å². The van der Waals surface area contributed by atoms with Crippen molar-refractivity contribution in [3.8, 4) is 0 Å². The van der Waals surface area contributed by atoms with E-state index in [1.807, 2.05) is 12.1 Å². The summed E-state index contributed by atoms with van der Waals surface area (Å²) in [4.78, 5) is 25.7. The highest BCUT2D eigenvalue weighted by Crippen LogP contribution is 2.32. The first-order valence-corrected chi connectivity index (χ1v) is 7.99. The van der Waals surface area contributed by atoms with E-state index in [-0.39, 0.29) is 16.6 Å². The zero-order valence-corrected chi connectivity index (χ0v) is 14.2. The number of rotatable bonds is 4. The van der Waals surface area contributed by atoms with Crippen LogP contribution in [-0.4, -0.2) is 36.3 Å². The van der Waals surface area contributed by atoms with Gasteiger partial charge in [0, 0.05) is 7.11 Å². The van der Waals surface area contributed by atoms with E-state index in [1.165, 1.54) is 10.5 Å². The first-order chi connectivity index (χ1) is 10.3. The van der Waals surface area contributed by atoms with Crippen LogP contribution in [0.15, 0.2) is 29.2 Å². The van der Waals surface area contributed by atoms with E-state index in [0.29, 0.717) is 18.1 Å². The van der Waals surface area contributed by atoms with E-state index in [4.69, 9.17) is 4.74 Å². The molecule has 0 bridgehead atoms. The van der Waals surface area contributed by atoms with Crippen LogP contribution in [0.2, 0.25) is 0 Å². The Bertz CT molecular complexity index is 599. The maximum Gasteiger partial charge on any atom is 0.293 e. The van der Waals surface area contributed by atoms with Crippen molar-refractivity contribution in [3.05, 3.63) is 40.3 Å². The normalized spacial score (nSPS) is 17.6. The number of hydrogen-bond donors (Lipinski definition) is 0. The van der Waals surface area contributed by atoms with Gasteiger partial charge in [0.25, 0.3) is 11.1 Å². The summed E-state index contributed by atoms with van der Waals surface area (Å²) in [5.74, 6) is -0.244. The van der Waals surface area contributed by atoms with Crippen molar-refractivity contribution in [1.29, 1.82) is 0 Å². The molecule has 5 heteroatoms. The van der Waals surface area contributed by atoms with Crippen LogP contribution >= 0.6 is 11.8 Å². The fourth-order valence-electron chi connectivity index (χ4n) is 2.11. The van der Waals surface area contributed by atoms with Crippen LogP contribution in [0.25, 0.3) is 6.08 Å². The number of benzene rings is 1. The van der Waals surface area contributed by atoms with Gasteiger partial charge >= 0.3 is 0 Å². The average molecular weight is 319 g/mol. The van der Waals surface area contributed by atoms with Gasteiger partial charge in [-0.15, -0.1) is 0 Å². The summed E-state index contributed by atoms with van der Waals surface area (Å²) in [5, 5.41) is -0.236. The summed E-state index contributed by atoms with van der Waals surface area (Å²) in [7, 11) is 1.55. The topological polar surface area (TPSA) is 46.6 Å². The summed E-state index contributed by atoms with van der Waals surface area (Å²) in [6.45, 7) is 7.11. The van der Waals surface area contributed by atoms with Gasteiger partial charge in [0.15, 0.2) is 0 Å². The van der Waals surface area contributed by atoms with Crippen molar-refractivity contribution < 1.29 is 14.3 Å². The quantitative estimate of drug-likeness (QED) is 0.795. The molecule has 1 saturated heterocycles. The predicted molar refractivity (Wildman–Crippen MR) is 89.7 cm³/mol. The van der Waals surface area contributed by atoms with Crippen LogP contribution in [-0.2, 0) is 14.9 Å². The molecule has 1 fully saturated rings. The Morgan fingerprint density at radius 2 is 1.82 bits per heavy atom. The second kappa shape index (κ2) is 6.67. The molecule has 1 aliphatic heterocycles. The Hall–Kier alpha value is -1.59. The Labute approximate surface area is 135 Å². The van der Waals surface area contributed by atoms with Crippen LogP contribution in [0.4, 0.5) is 4.79 Å². The van der Waals surface area contributed by atoms with Crippen molar-refractivity contribution in [1.82, 2.24) is 4.90 Å². The molecule has 2 amide bonds. The standard InChI is InChI=1S/C17H21NO3S/c1-17(2,3)13-7-5-12(6-8-13)11-14-15(19)18(9-10-21-4)16(20)22-14/h5-8,11H,9-10H2,1-4H3/b14-11+. The Morgan fingerprint density at radius 1 is 1.18 bits per heavy atom. The van der Waals surface area contributed by atoms with Crippen LogP contribution in [0.5, 0.6) is 0 Å². The molecule has 0 unspecified atom stereocenters. The molecule has 1 heterocycles. The van der Waals surface area contributed by atoms with Crippen molar-refractivity contribution >= 4 is 29.0 Å². The molecule has 2 rings (SSSR count). The second-order valence-corrected chi connectivity index (χ2v) is 7.19. The lowest BCUT2D eigenvalue weighted by Crippen LogP contribution is -2.31. The number of methoxy groups -OCH3 is 1. The lowest BCUT2D eigenvalue weighted by molar-refractivity contribution is -0.123. The summed E-state index contributed by atoms with van der Waals surface area (Å²) in [6, 6.07) is 8.06. The van der Waals surface area contributed by atoms with Crippen LogP contribution < -0.4 is 0 Å². The number of ether oxygens (including phenoxy) is 1. The first-order valence-electron chi connectivity index (χ1n) is 7.18. The van der Waals surface area contributed by atoms with E-state index in [2.05, 4.69) is 32.9 Å². The summed E-state index contributed by atoms with van der Waals surface area (Å²) >= 11 is 0.980. The minimum atomic E-state index is -0.244. The minimum absolute atomic E-state index is 0.0938. The third kappa shape index (κ3) is 3.78. The van der Waals surface area contributed by atoms with Crippen LogP contribution in [0, 0.1) is 0 Å². The molecular formula is C17H21NO3S. The fraction of sp³-hybridized carbons (Fsp3) is 0.412. The molecule has 0 aliphatic carbocycles. The first kappa shape index (κ1) is 16.8. The van der Waals surface area contributed by atoms with E-state index >= 15 is 0 Å². The minimum Gasteiger partial charge on any atom is -0.383 e. The number of thioether (sulfide) groups is 1. The molecule has 118 valence electrons. The maximum absolute atomic E-state index is 12.2. The SMILES string of the molecule is COCCN1C(=O)S/C(=C/c2ccc(C(C)(C)C)cc2)C1=O. The van der Waals surface area contributed by atoms with Gasteiger partial charge in [-0.2, -0.15) is 0 Å². The predicted octanol–water partition coefficient (Wildman–Crippen LogP) is 3.67.